The molecule has 0 aromatic heterocycles. The largest absolute Gasteiger partial charge is 0.327 e. The molecule has 0 aliphatic carbocycles. The minimum Gasteiger partial charge on any atom is -0.327 e. The molecule has 7 nitrogen and oxygen atoms in total. The molecule has 0 heterocycles. The van der Waals surface area contributed by atoms with Gasteiger partial charge in [-0.25, -0.2) is 12.7 Å². The summed E-state index contributed by atoms with van der Waals surface area (Å²) in [5.74, 6) is 0.259. The highest BCUT2D eigenvalue weighted by Gasteiger charge is 2.26. The summed E-state index contributed by atoms with van der Waals surface area (Å²) in [6, 6.07) is 3.86. The van der Waals surface area contributed by atoms with E-state index in [1.165, 1.54) is 23.5 Å². The summed E-state index contributed by atoms with van der Waals surface area (Å²) in [7, 11) is -2.31. The predicted molar refractivity (Wildman–Crippen MR) is 89.7 cm³/mol. The van der Waals surface area contributed by atoms with E-state index in [4.69, 9.17) is 5.73 Å². The van der Waals surface area contributed by atoms with Gasteiger partial charge in [-0.1, -0.05) is 26.8 Å². The van der Waals surface area contributed by atoms with Gasteiger partial charge >= 0.3 is 0 Å². The fraction of sp³-hybridized carbons (Fsp3) is 0.600. The maximum Gasteiger partial charge on any atom is 0.270 e. The SMILES string of the molecule is CCc1ccc([N+](=O)[O-])cc1S(=O)(=O)N(C)CCC(N)C(C)C. The molecule has 8 heteroatoms. The van der Waals surface area contributed by atoms with Gasteiger partial charge in [0.25, 0.3) is 5.69 Å². The molecule has 1 aromatic carbocycles. The smallest absolute Gasteiger partial charge is 0.270 e. The number of nitro benzene ring substituents is 1. The molecule has 0 fully saturated rings. The van der Waals surface area contributed by atoms with Crippen LogP contribution in [0.1, 0.15) is 32.8 Å². The minimum atomic E-state index is -3.79. The number of non-ortho nitro benzene ring substituents is 1. The van der Waals surface area contributed by atoms with Crippen LogP contribution in [0, 0.1) is 16.0 Å². The number of rotatable bonds is 8. The van der Waals surface area contributed by atoms with Gasteiger partial charge in [0, 0.05) is 31.8 Å². The van der Waals surface area contributed by atoms with Crippen molar-refractivity contribution in [3.63, 3.8) is 0 Å². The lowest BCUT2D eigenvalue weighted by Gasteiger charge is -2.22. The Balaban J connectivity index is 3.11. The monoisotopic (exact) mass is 343 g/mol. The van der Waals surface area contributed by atoms with Crippen molar-refractivity contribution in [1.82, 2.24) is 4.31 Å². The Bertz CT molecular complexity index is 659. The lowest BCUT2D eigenvalue weighted by atomic mass is 10.0. The molecule has 1 unspecified atom stereocenters. The zero-order chi connectivity index (χ0) is 17.8. The average molecular weight is 343 g/mol. The van der Waals surface area contributed by atoms with E-state index >= 15 is 0 Å². The normalized spacial score (nSPS) is 13.5. The minimum absolute atomic E-state index is 0.00480. The van der Waals surface area contributed by atoms with E-state index in [-0.39, 0.29) is 29.1 Å². The van der Waals surface area contributed by atoms with Gasteiger partial charge in [-0.2, -0.15) is 0 Å². The summed E-state index contributed by atoms with van der Waals surface area (Å²) in [4.78, 5) is 10.3. The summed E-state index contributed by atoms with van der Waals surface area (Å²) >= 11 is 0. The molecule has 0 bridgehead atoms. The van der Waals surface area contributed by atoms with Crippen molar-refractivity contribution in [2.75, 3.05) is 13.6 Å². The van der Waals surface area contributed by atoms with Crippen LogP contribution in [0.25, 0.3) is 0 Å². The third kappa shape index (κ3) is 4.73. The average Bonchev–Trinajstić information content (AvgIpc) is 2.50. The highest BCUT2D eigenvalue weighted by molar-refractivity contribution is 7.89. The van der Waals surface area contributed by atoms with Gasteiger partial charge in [0.05, 0.1) is 9.82 Å². The fourth-order valence-corrected chi connectivity index (χ4v) is 3.64. The molecule has 1 aromatic rings. The maximum absolute atomic E-state index is 12.7. The predicted octanol–water partition coefficient (Wildman–Crippen LogP) is 2.15. The summed E-state index contributed by atoms with van der Waals surface area (Å²) in [5.41, 5.74) is 6.29. The first-order valence-electron chi connectivity index (χ1n) is 7.60. The van der Waals surface area contributed by atoms with Crippen LogP contribution in [0.3, 0.4) is 0 Å². The summed E-state index contributed by atoms with van der Waals surface area (Å²) < 4.78 is 26.7. The van der Waals surface area contributed by atoms with Crippen molar-refractivity contribution in [2.24, 2.45) is 11.7 Å². The lowest BCUT2D eigenvalue weighted by Crippen LogP contribution is -2.35. The number of sulfonamides is 1. The Kier molecular flexibility index (Phi) is 6.67. The van der Waals surface area contributed by atoms with E-state index in [9.17, 15) is 18.5 Å². The number of hydrogen-bond donors (Lipinski definition) is 1. The summed E-state index contributed by atoms with van der Waals surface area (Å²) in [6.45, 7) is 6.05. The first-order valence-corrected chi connectivity index (χ1v) is 9.04. The maximum atomic E-state index is 12.7. The van der Waals surface area contributed by atoms with Gasteiger partial charge < -0.3 is 5.73 Å². The van der Waals surface area contributed by atoms with Crippen LogP contribution >= 0.6 is 0 Å². The Morgan fingerprint density at radius 1 is 1.35 bits per heavy atom. The molecule has 0 aliphatic rings. The Morgan fingerprint density at radius 3 is 2.43 bits per heavy atom. The van der Waals surface area contributed by atoms with Gasteiger partial charge in [-0.05, 0) is 24.3 Å². The van der Waals surface area contributed by atoms with Crippen LogP contribution in [-0.2, 0) is 16.4 Å². The Hall–Kier alpha value is -1.51. The molecule has 0 saturated heterocycles. The van der Waals surface area contributed by atoms with E-state index in [0.717, 1.165) is 6.07 Å². The van der Waals surface area contributed by atoms with Crippen LogP contribution in [0.4, 0.5) is 5.69 Å². The molecule has 0 aliphatic heterocycles. The van der Waals surface area contributed by atoms with Gasteiger partial charge in [0.2, 0.25) is 10.0 Å². The van der Waals surface area contributed by atoms with E-state index in [0.29, 0.717) is 18.4 Å². The number of benzene rings is 1. The van der Waals surface area contributed by atoms with Gasteiger partial charge in [-0.3, -0.25) is 10.1 Å². The standard InChI is InChI=1S/C15H25N3O4S/c1-5-12-6-7-13(18(19)20)10-15(12)23(21,22)17(4)9-8-14(16)11(2)3/h6-7,10-11,14H,5,8-9,16H2,1-4H3. The first-order chi connectivity index (χ1) is 10.6. The van der Waals surface area contributed by atoms with Crippen LogP contribution in [0.2, 0.25) is 0 Å². The second kappa shape index (κ2) is 7.85. The van der Waals surface area contributed by atoms with E-state index in [1.54, 1.807) is 0 Å². The highest BCUT2D eigenvalue weighted by atomic mass is 32.2. The van der Waals surface area contributed by atoms with Crippen molar-refractivity contribution in [1.29, 1.82) is 0 Å². The second-order valence-electron chi connectivity index (χ2n) is 5.93. The van der Waals surface area contributed by atoms with Crippen LogP contribution < -0.4 is 5.73 Å². The van der Waals surface area contributed by atoms with Gasteiger partial charge in [0.1, 0.15) is 0 Å². The zero-order valence-corrected chi connectivity index (χ0v) is 14.8. The Labute approximate surface area is 137 Å². The van der Waals surface area contributed by atoms with Crippen molar-refractivity contribution >= 4 is 15.7 Å². The number of nitrogens with two attached hydrogens (primary N) is 1. The number of nitro groups is 1. The topological polar surface area (TPSA) is 107 Å². The second-order valence-corrected chi connectivity index (χ2v) is 7.94. The number of aryl methyl sites for hydroxylation is 1. The molecule has 23 heavy (non-hydrogen) atoms. The van der Waals surface area contributed by atoms with Crippen molar-refractivity contribution in [3.05, 3.63) is 33.9 Å². The summed E-state index contributed by atoms with van der Waals surface area (Å²) in [5, 5.41) is 10.9. The molecule has 2 N–H and O–H groups in total. The van der Waals surface area contributed by atoms with E-state index in [1.807, 2.05) is 20.8 Å². The Morgan fingerprint density at radius 2 is 1.96 bits per heavy atom. The lowest BCUT2D eigenvalue weighted by molar-refractivity contribution is -0.385. The molecular weight excluding hydrogens is 318 g/mol. The highest BCUT2D eigenvalue weighted by Crippen LogP contribution is 2.25. The molecule has 0 radical (unpaired) electrons. The van der Waals surface area contributed by atoms with Crippen LogP contribution in [0.15, 0.2) is 23.1 Å². The molecule has 1 atom stereocenters. The molecular formula is C15H25N3O4S. The number of hydrogen-bond acceptors (Lipinski definition) is 5. The first kappa shape index (κ1) is 19.5. The van der Waals surface area contributed by atoms with Crippen molar-refractivity contribution in [3.8, 4) is 0 Å². The van der Waals surface area contributed by atoms with Crippen molar-refractivity contribution < 1.29 is 13.3 Å². The van der Waals surface area contributed by atoms with E-state index in [2.05, 4.69) is 0 Å². The molecule has 0 spiro atoms. The van der Waals surface area contributed by atoms with Crippen LogP contribution in [-0.4, -0.2) is 37.3 Å². The van der Waals surface area contributed by atoms with Crippen molar-refractivity contribution in [2.45, 2.75) is 44.6 Å². The van der Waals surface area contributed by atoms with Crippen LogP contribution in [0.5, 0.6) is 0 Å². The molecule has 130 valence electrons. The molecule has 1 rings (SSSR count). The van der Waals surface area contributed by atoms with Gasteiger partial charge in [0.15, 0.2) is 0 Å². The van der Waals surface area contributed by atoms with E-state index < -0.39 is 14.9 Å². The van der Waals surface area contributed by atoms with Gasteiger partial charge in [-0.15, -0.1) is 0 Å². The third-order valence-electron chi connectivity index (χ3n) is 3.96. The number of nitrogens with zero attached hydrogens (tertiary/aromatic N) is 2. The third-order valence-corrected chi connectivity index (χ3v) is 5.90. The summed E-state index contributed by atoms with van der Waals surface area (Å²) in [6.07, 6.45) is 1.01. The molecule has 0 saturated carbocycles. The molecule has 0 amide bonds. The zero-order valence-electron chi connectivity index (χ0n) is 14.0. The quantitative estimate of drug-likeness (QED) is 0.575. The fourth-order valence-electron chi connectivity index (χ4n) is 2.14.